The largest absolute Gasteiger partial charge is 0.396 e. The maximum absolute atomic E-state index is 11.8. The van der Waals surface area contributed by atoms with Crippen LogP contribution in [-0.2, 0) is 4.79 Å². The Labute approximate surface area is 141 Å². The van der Waals surface area contributed by atoms with Gasteiger partial charge in [0.2, 0.25) is 5.91 Å². The zero-order chi connectivity index (χ0) is 16.8. The van der Waals surface area contributed by atoms with E-state index in [9.17, 15) is 9.90 Å². The average Bonchev–Trinajstić information content (AvgIpc) is 2.42. The van der Waals surface area contributed by atoms with Gasteiger partial charge in [0, 0.05) is 23.2 Å². The molecule has 1 rings (SSSR count). The van der Waals surface area contributed by atoms with Crippen LogP contribution >= 0.6 is 23.2 Å². The molecule has 1 unspecified atom stereocenters. The molecule has 3 N–H and O–H groups in total. The first-order valence-corrected chi connectivity index (χ1v) is 8.01. The molecular weight excluding hydrogens is 325 g/mol. The first-order valence-electron chi connectivity index (χ1n) is 7.25. The molecule has 0 aromatic heterocycles. The minimum absolute atomic E-state index is 0.0416. The Morgan fingerprint density at radius 2 is 1.86 bits per heavy atom. The number of amides is 1. The smallest absolute Gasteiger partial charge is 0.222 e. The highest BCUT2D eigenvalue weighted by Gasteiger charge is 2.17. The molecule has 1 aromatic carbocycles. The van der Waals surface area contributed by atoms with Crippen LogP contribution in [0.25, 0.3) is 0 Å². The lowest BCUT2D eigenvalue weighted by molar-refractivity contribution is -0.123. The van der Waals surface area contributed by atoms with Gasteiger partial charge in [0.15, 0.2) is 0 Å². The number of aliphatic hydroxyl groups excluding tert-OH is 2. The summed E-state index contributed by atoms with van der Waals surface area (Å²) in [4.78, 5) is 11.8. The average molecular weight is 348 g/mol. The highest BCUT2D eigenvalue weighted by Crippen LogP contribution is 2.25. The molecule has 1 amide bonds. The highest BCUT2D eigenvalue weighted by molar-refractivity contribution is 6.34. The fourth-order valence-electron chi connectivity index (χ4n) is 2.01. The van der Waals surface area contributed by atoms with E-state index in [0.717, 1.165) is 12.8 Å². The van der Waals surface area contributed by atoms with Crippen molar-refractivity contribution >= 4 is 29.1 Å². The van der Waals surface area contributed by atoms with E-state index in [1.54, 1.807) is 18.2 Å². The van der Waals surface area contributed by atoms with E-state index in [1.165, 1.54) is 0 Å². The molecule has 6 heteroatoms. The third-order valence-electron chi connectivity index (χ3n) is 3.43. The SMILES string of the molecule is CC(C)(CO)CCCNC(=O)CC(O)c1cc(Cl)cc(Cl)c1. The van der Waals surface area contributed by atoms with E-state index in [1.807, 2.05) is 13.8 Å². The number of hydrogen-bond acceptors (Lipinski definition) is 3. The summed E-state index contributed by atoms with van der Waals surface area (Å²) in [6.45, 7) is 4.59. The quantitative estimate of drug-likeness (QED) is 0.631. The van der Waals surface area contributed by atoms with Gasteiger partial charge in [-0.15, -0.1) is 0 Å². The van der Waals surface area contributed by atoms with Crippen molar-refractivity contribution in [1.29, 1.82) is 0 Å². The van der Waals surface area contributed by atoms with Crippen LogP contribution in [-0.4, -0.2) is 29.3 Å². The number of hydrogen-bond donors (Lipinski definition) is 3. The van der Waals surface area contributed by atoms with E-state index in [-0.39, 0.29) is 24.3 Å². The number of rotatable bonds is 8. The second-order valence-electron chi connectivity index (χ2n) is 6.20. The van der Waals surface area contributed by atoms with E-state index in [2.05, 4.69) is 5.32 Å². The number of nitrogens with one attached hydrogen (secondary N) is 1. The molecule has 0 radical (unpaired) electrons. The second-order valence-corrected chi connectivity index (χ2v) is 7.07. The molecule has 0 aliphatic rings. The predicted octanol–water partition coefficient (Wildman–Crippen LogP) is 3.33. The van der Waals surface area contributed by atoms with Gasteiger partial charge in [-0.1, -0.05) is 37.0 Å². The number of halogens is 2. The molecule has 0 aliphatic carbocycles. The molecule has 0 saturated heterocycles. The van der Waals surface area contributed by atoms with Crippen LogP contribution in [0.2, 0.25) is 10.0 Å². The molecule has 4 nitrogen and oxygen atoms in total. The Bertz CT molecular complexity index is 486. The van der Waals surface area contributed by atoms with Gasteiger partial charge in [0.25, 0.3) is 0 Å². The minimum Gasteiger partial charge on any atom is -0.396 e. The third-order valence-corrected chi connectivity index (χ3v) is 3.87. The summed E-state index contributed by atoms with van der Waals surface area (Å²) in [7, 11) is 0. The summed E-state index contributed by atoms with van der Waals surface area (Å²) in [5.74, 6) is -0.231. The van der Waals surface area contributed by atoms with Crippen LogP contribution in [0.1, 0.15) is 44.8 Å². The molecule has 1 aromatic rings. The van der Waals surface area contributed by atoms with Crippen LogP contribution in [0.15, 0.2) is 18.2 Å². The molecule has 0 aliphatic heterocycles. The van der Waals surface area contributed by atoms with Gasteiger partial charge in [-0.3, -0.25) is 4.79 Å². The first kappa shape index (κ1) is 19.2. The normalized spacial score (nSPS) is 13.0. The lowest BCUT2D eigenvalue weighted by Gasteiger charge is -2.21. The molecule has 0 bridgehead atoms. The maximum Gasteiger partial charge on any atom is 0.222 e. The first-order chi connectivity index (χ1) is 10.2. The fraction of sp³-hybridized carbons (Fsp3) is 0.562. The van der Waals surface area contributed by atoms with Crippen molar-refractivity contribution < 1.29 is 15.0 Å². The molecule has 0 heterocycles. The standard InChI is InChI=1S/C16H23Cl2NO3/c1-16(2,10-20)4-3-5-19-15(22)9-14(21)11-6-12(17)8-13(18)7-11/h6-8,14,20-21H,3-5,9-10H2,1-2H3,(H,19,22). The van der Waals surface area contributed by atoms with Crippen molar-refractivity contribution in [2.75, 3.05) is 13.2 Å². The van der Waals surface area contributed by atoms with Crippen LogP contribution in [0, 0.1) is 5.41 Å². The maximum atomic E-state index is 11.8. The molecule has 124 valence electrons. The van der Waals surface area contributed by atoms with Gasteiger partial charge in [-0.2, -0.15) is 0 Å². The Balaban J connectivity index is 2.38. The number of carbonyl (C=O) groups excluding carboxylic acids is 1. The van der Waals surface area contributed by atoms with E-state index < -0.39 is 6.10 Å². The van der Waals surface area contributed by atoms with Crippen LogP contribution < -0.4 is 5.32 Å². The van der Waals surface area contributed by atoms with Crippen molar-refractivity contribution in [3.05, 3.63) is 33.8 Å². The van der Waals surface area contributed by atoms with Crippen LogP contribution in [0.4, 0.5) is 0 Å². The van der Waals surface area contributed by atoms with Gasteiger partial charge in [-0.05, 0) is 42.0 Å². The lowest BCUT2D eigenvalue weighted by atomic mass is 9.89. The summed E-state index contributed by atoms with van der Waals surface area (Å²) < 4.78 is 0. The summed E-state index contributed by atoms with van der Waals surface area (Å²) in [6.07, 6.45) is 0.611. The Morgan fingerprint density at radius 3 is 2.41 bits per heavy atom. The van der Waals surface area contributed by atoms with Gasteiger partial charge < -0.3 is 15.5 Å². The Morgan fingerprint density at radius 1 is 1.27 bits per heavy atom. The van der Waals surface area contributed by atoms with E-state index in [4.69, 9.17) is 28.3 Å². The van der Waals surface area contributed by atoms with Crippen molar-refractivity contribution in [2.24, 2.45) is 5.41 Å². The molecule has 22 heavy (non-hydrogen) atoms. The zero-order valence-corrected chi connectivity index (χ0v) is 14.4. The third kappa shape index (κ3) is 6.97. The predicted molar refractivity (Wildman–Crippen MR) is 89.1 cm³/mol. The van der Waals surface area contributed by atoms with E-state index >= 15 is 0 Å². The van der Waals surface area contributed by atoms with Gasteiger partial charge in [0.05, 0.1) is 12.5 Å². The Hall–Kier alpha value is -0.810. The molecule has 0 saturated carbocycles. The van der Waals surface area contributed by atoms with Crippen LogP contribution in [0.5, 0.6) is 0 Å². The van der Waals surface area contributed by atoms with Gasteiger partial charge in [0.1, 0.15) is 0 Å². The molecule has 0 fully saturated rings. The van der Waals surface area contributed by atoms with Crippen molar-refractivity contribution in [1.82, 2.24) is 5.32 Å². The van der Waals surface area contributed by atoms with Gasteiger partial charge in [-0.25, -0.2) is 0 Å². The van der Waals surface area contributed by atoms with Crippen LogP contribution in [0.3, 0.4) is 0 Å². The molecule has 1 atom stereocenters. The zero-order valence-electron chi connectivity index (χ0n) is 12.9. The minimum atomic E-state index is -0.940. The number of carbonyl (C=O) groups is 1. The van der Waals surface area contributed by atoms with Crippen molar-refractivity contribution in [3.63, 3.8) is 0 Å². The van der Waals surface area contributed by atoms with Gasteiger partial charge >= 0.3 is 0 Å². The van der Waals surface area contributed by atoms with Crippen molar-refractivity contribution in [2.45, 2.75) is 39.2 Å². The summed E-state index contributed by atoms with van der Waals surface area (Å²) in [5, 5.41) is 22.8. The molecule has 0 spiro atoms. The summed E-state index contributed by atoms with van der Waals surface area (Å²) in [5.41, 5.74) is 0.385. The fourth-order valence-corrected chi connectivity index (χ4v) is 2.55. The monoisotopic (exact) mass is 347 g/mol. The second kappa shape index (κ2) is 8.73. The highest BCUT2D eigenvalue weighted by atomic mass is 35.5. The topological polar surface area (TPSA) is 69.6 Å². The summed E-state index contributed by atoms with van der Waals surface area (Å²) >= 11 is 11.7. The van der Waals surface area contributed by atoms with Crippen molar-refractivity contribution in [3.8, 4) is 0 Å². The number of benzene rings is 1. The summed E-state index contributed by atoms with van der Waals surface area (Å²) in [6, 6.07) is 4.76. The lowest BCUT2D eigenvalue weighted by Crippen LogP contribution is -2.27. The Kier molecular flexibility index (Phi) is 7.63. The number of aliphatic hydroxyl groups is 2. The van der Waals surface area contributed by atoms with E-state index in [0.29, 0.717) is 22.2 Å². The molecular formula is C16H23Cl2NO3.